The second kappa shape index (κ2) is 7.85. The zero-order valence-electron chi connectivity index (χ0n) is 13.0. The number of carbonyl (C=O) groups is 1. The highest BCUT2D eigenvalue weighted by Crippen LogP contribution is 2.19. The van der Waals surface area contributed by atoms with Crippen LogP contribution < -0.4 is 5.32 Å². The summed E-state index contributed by atoms with van der Waals surface area (Å²) < 4.78 is 5.20. The Morgan fingerprint density at radius 3 is 2.53 bits per heavy atom. The molecule has 0 aliphatic carbocycles. The van der Waals surface area contributed by atoms with Gasteiger partial charge in [-0.05, 0) is 58.7 Å². The summed E-state index contributed by atoms with van der Waals surface area (Å²) >= 11 is 0. The van der Waals surface area contributed by atoms with Gasteiger partial charge in [0, 0.05) is 6.54 Å². The molecule has 4 heteroatoms. The first-order valence-electron chi connectivity index (χ1n) is 7.66. The van der Waals surface area contributed by atoms with Crippen LogP contribution in [0.15, 0.2) is 0 Å². The number of rotatable bonds is 7. The van der Waals surface area contributed by atoms with Gasteiger partial charge in [-0.25, -0.2) is 0 Å². The van der Waals surface area contributed by atoms with Crippen molar-refractivity contribution in [1.29, 1.82) is 0 Å². The van der Waals surface area contributed by atoms with Crippen LogP contribution in [0.5, 0.6) is 0 Å². The number of likely N-dealkylation sites (N-methyl/N-ethyl adjacent to an activating group) is 1. The number of likely N-dealkylation sites (tertiary alicyclic amines) is 1. The normalized spacial score (nSPS) is 21.1. The van der Waals surface area contributed by atoms with Crippen molar-refractivity contribution in [3.63, 3.8) is 0 Å². The molecule has 1 aliphatic rings. The van der Waals surface area contributed by atoms with Crippen LogP contribution in [-0.4, -0.2) is 49.2 Å². The molecule has 1 atom stereocenters. The number of nitrogens with zero attached hydrogens (tertiary/aromatic N) is 1. The standard InChI is InChI=1S/C15H30N2O2/c1-5-16-15(4,14(18)19-6-2)9-12-17-10-7-13(3)8-11-17/h13,16H,5-12H2,1-4H3. The molecular weight excluding hydrogens is 240 g/mol. The van der Waals surface area contributed by atoms with Crippen LogP contribution >= 0.6 is 0 Å². The SMILES string of the molecule is CCNC(C)(CCN1CCC(C)CC1)C(=O)OCC. The number of hydrogen-bond donors (Lipinski definition) is 1. The second-order valence-corrected chi connectivity index (χ2v) is 5.86. The molecule has 1 N–H and O–H groups in total. The van der Waals surface area contributed by atoms with Crippen molar-refractivity contribution >= 4 is 5.97 Å². The van der Waals surface area contributed by atoms with E-state index in [1.165, 1.54) is 12.8 Å². The molecule has 0 radical (unpaired) electrons. The van der Waals surface area contributed by atoms with Crippen molar-refractivity contribution < 1.29 is 9.53 Å². The Morgan fingerprint density at radius 1 is 1.37 bits per heavy atom. The number of carbonyl (C=O) groups excluding carboxylic acids is 1. The van der Waals surface area contributed by atoms with Gasteiger partial charge in [0.1, 0.15) is 5.54 Å². The van der Waals surface area contributed by atoms with Crippen LogP contribution in [0.4, 0.5) is 0 Å². The highest BCUT2D eigenvalue weighted by Gasteiger charge is 2.34. The van der Waals surface area contributed by atoms with Gasteiger partial charge >= 0.3 is 5.97 Å². The number of nitrogens with one attached hydrogen (secondary N) is 1. The summed E-state index contributed by atoms with van der Waals surface area (Å²) in [6.07, 6.45) is 3.36. The number of piperidine rings is 1. The van der Waals surface area contributed by atoms with E-state index in [1.807, 2.05) is 20.8 Å². The third kappa shape index (κ3) is 5.11. The van der Waals surface area contributed by atoms with E-state index in [2.05, 4.69) is 17.1 Å². The van der Waals surface area contributed by atoms with Crippen molar-refractivity contribution in [1.82, 2.24) is 10.2 Å². The van der Waals surface area contributed by atoms with Crippen molar-refractivity contribution in [3.05, 3.63) is 0 Å². The molecule has 0 bridgehead atoms. The Labute approximate surface area is 117 Å². The van der Waals surface area contributed by atoms with Crippen molar-refractivity contribution in [2.24, 2.45) is 5.92 Å². The maximum absolute atomic E-state index is 12.1. The first kappa shape index (κ1) is 16.4. The molecule has 1 heterocycles. The molecule has 0 saturated carbocycles. The summed E-state index contributed by atoms with van der Waals surface area (Å²) in [5.74, 6) is 0.726. The minimum Gasteiger partial charge on any atom is -0.465 e. The Kier molecular flexibility index (Phi) is 6.80. The Morgan fingerprint density at radius 2 is 2.00 bits per heavy atom. The predicted octanol–water partition coefficient (Wildman–Crippen LogP) is 2.04. The van der Waals surface area contributed by atoms with Gasteiger partial charge in [-0.2, -0.15) is 0 Å². The Balaban J connectivity index is 2.46. The molecule has 0 amide bonds. The summed E-state index contributed by atoms with van der Waals surface area (Å²) in [4.78, 5) is 14.5. The van der Waals surface area contributed by atoms with Gasteiger partial charge in [0.25, 0.3) is 0 Å². The van der Waals surface area contributed by atoms with Crippen LogP contribution in [0, 0.1) is 5.92 Å². The summed E-state index contributed by atoms with van der Waals surface area (Å²) in [5.41, 5.74) is -0.548. The van der Waals surface area contributed by atoms with Gasteiger partial charge in [0.15, 0.2) is 0 Å². The van der Waals surface area contributed by atoms with Crippen molar-refractivity contribution in [2.75, 3.05) is 32.8 Å². The molecule has 1 rings (SSSR count). The Hall–Kier alpha value is -0.610. The summed E-state index contributed by atoms with van der Waals surface area (Å²) in [6.45, 7) is 12.7. The molecule has 4 nitrogen and oxygen atoms in total. The number of esters is 1. The molecule has 19 heavy (non-hydrogen) atoms. The van der Waals surface area contributed by atoms with E-state index in [4.69, 9.17) is 4.74 Å². The molecule has 0 aromatic rings. The average molecular weight is 270 g/mol. The minimum atomic E-state index is -0.548. The average Bonchev–Trinajstić information content (AvgIpc) is 2.39. The molecule has 0 spiro atoms. The monoisotopic (exact) mass is 270 g/mol. The molecule has 1 saturated heterocycles. The molecule has 112 valence electrons. The van der Waals surface area contributed by atoms with E-state index in [9.17, 15) is 4.79 Å². The molecular formula is C15H30N2O2. The largest absolute Gasteiger partial charge is 0.465 e. The summed E-state index contributed by atoms with van der Waals surface area (Å²) in [7, 11) is 0. The van der Waals surface area contributed by atoms with Gasteiger partial charge in [-0.15, -0.1) is 0 Å². The number of ether oxygens (including phenoxy) is 1. The zero-order chi connectivity index (χ0) is 14.3. The first-order chi connectivity index (χ1) is 9.01. The van der Waals surface area contributed by atoms with Gasteiger partial charge in [-0.1, -0.05) is 13.8 Å². The molecule has 0 aromatic heterocycles. The summed E-state index contributed by atoms with van der Waals surface area (Å²) in [6, 6.07) is 0. The summed E-state index contributed by atoms with van der Waals surface area (Å²) in [5, 5.41) is 3.29. The Bertz CT molecular complexity index is 275. The molecule has 0 aromatic carbocycles. The molecule has 1 aliphatic heterocycles. The maximum Gasteiger partial charge on any atom is 0.326 e. The smallest absolute Gasteiger partial charge is 0.326 e. The minimum absolute atomic E-state index is 0.123. The quantitative estimate of drug-likeness (QED) is 0.719. The lowest BCUT2D eigenvalue weighted by molar-refractivity contribution is -0.151. The van der Waals surface area contributed by atoms with Gasteiger partial charge in [0.2, 0.25) is 0 Å². The third-order valence-electron chi connectivity index (χ3n) is 4.10. The van der Waals surface area contributed by atoms with E-state index < -0.39 is 5.54 Å². The van der Waals surface area contributed by atoms with Gasteiger partial charge in [0.05, 0.1) is 6.61 Å². The fourth-order valence-electron chi connectivity index (χ4n) is 2.61. The zero-order valence-corrected chi connectivity index (χ0v) is 13.0. The highest BCUT2D eigenvalue weighted by molar-refractivity contribution is 5.80. The van der Waals surface area contributed by atoms with Crippen molar-refractivity contribution in [3.8, 4) is 0 Å². The van der Waals surface area contributed by atoms with Gasteiger partial charge in [-0.3, -0.25) is 4.79 Å². The van der Waals surface area contributed by atoms with Crippen LogP contribution in [0.3, 0.4) is 0 Å². The lowest BCUT2D eigenvalue weighted by Gasteiger charge is -2.34. The molecule has 1 fully saturated rings. The van der Waals surface area contributed by atoms with Gasteiger partial charge < -0.3 is 15.0 Å². The maximum atomic E-state index is 12.1. The first-order valence-corrected chi connectivity index (χ1v) is 7.66. The lowest BCUT2D eigenvalue weighted by atomic mass is 9.95. The van der Waals surface area contributed by atoms with Crippen LogP contribution in [0.2, 0.25) is 0 Å². The van der Waals surface area contributed by atoms with Crippen LogP contribution in [0.1, 0.15) is 47.0 Å². The van der Waals surface area contributed by atoms with E-state index in [0.717, 1.165) is 38.5 Å². The van der Waals surface area contributed by atoms with E-state index in [0.29, 0.717) is 6.61 Å². The van der Waals surface area contributed by atoms with Crippen LogP contribution in [0.25, 0.3) is 0 Å². The number of hydrogen-bond acceptors (Lipinski definition) is 4. The van der Waals surface area contributed by atoms with E-state index in [-0.39, 0.29) is 5.97 Å². The topological polar surface area (TPSA) is 41.6 Å². The highest BCUT2D eigenvalue weighted by atomic mass is 16.5. The molecule has 1 unspecified atom stereocenters. The van der Waals surface area contributed by atoms with Crippen LogP contribution in [-0.2, 0) is 9.53 Å². The van der Waals surface area contributed by atoms with E-state index in [1.54, 1.807) is 0 Å². The third-order valence-corrected chi connectivity index (χ3v) is 4.10. The second-order valence-electron chi connectivity index (χ2n) is 5.86. The van der Waals surface area contributed by atoms with Crippen molar-refractivity contribution in [2.45, 2.75) is 52.5 Å². The lowest BCUT2D eigenvalue weighted by Crippen LogP contribution is -2.52. The fourth-order valence-corrected chi connectivity index (χ4v) is 2.61. The fraction of sp³-hybridized carbons (Fsp3) is 0.933. The van der Waals surface area contributed by atoms with E-state index >= 15 is 0 Å². The predicted molar refractivity (Wildman–Crippen MR) is 78.2 cm³/mol.